The molecule has 0 radical (unpaired) electrons. The zero-order chi connectivity index (χ0) is 17.5. The Bertz CT molecular complexity index is 724. The summed E-state index contributed by atoms with van der Waals surface area (Å²) in [6.07, 6.45) is -3.41. The molecule has 3 rings (SSSR count). The average Bonchev–Trinajstić information content (AvgIpc) is 3.13. The number of anilines is 1. The molecule has 0 aliphatic carbocycles. The smallest absolute Gasteiger partial charge is 0.362 e. The lowest BCUT2D eigenvalue weighted by atomic mass is 10.0. The second-order valence-corrected chi connectivity index (χ2v) is 6.96. The Morgan fingerprint density at radius 3 is 2.83 bits per heavy atom. The number of hydrogen-bond donors (Lipinski definition) is 2. The first-order valence-electron chi connectivity index (χ1n) is 7.52. The number of carbonyl (C=O) groups excluding carboxylic acids is 1. The van der Waals surface area contributed by atoms with Crippen LogP contribution >= 0.6 is 11.3 Å². The van der Waals surface area contributed by atoms with E-state index >= 15 is 0 Å². The third kappa shape index (κ3) is 3.12. The number of nitrogens with zero attached hydrogens (tertiary/aromatic N) is 2. The summed E-state index contributed by atoms with van der Waals surface area (Å²) in [4.78, 5) is 13.1. The highest BCUT2D eigenvalue weighted by atomic mass is 32.1. The topological polar surface area (TPSA) is 59.0 Å². The van der Waals surface area contributed by atoms with Gasteiger partial charge in [-0.25, -0.2) is 4.68 Å². The third-order valence-electron chi connectivity index (χ3n) is 3.79. The molecular weight excluding hydrogens is 341 g/mol. The summed E-state index contributed by atoms with van der Waals surface area (Å²) in [6.45, 7) is 3.57. The molecule has 0 unspecified atom stereocenters. The van der Waals surface area contributed by atoms with Crippen LogP contribution in [0.15, 0.2) is 23.7 Å². The van der Waals surface area contributed by atoms with Gasteiger partial charge in [0.2, 0.25) is 0 Å². The summed E-state index contributed by atoms with van der Waals surface area (Å²) in [6, 6.07) is 1.19. The van der Waals surface area contributed by atoms with Crippen LogP contribution in [0.3, 0.4) is 0 Å². The standard InChI is InChI=1S/C15H17F3N4OS/c1-8(2)20-14(23)9-7-19-22-12(15(16,17)18)6-10(21-13(9)22)11-4-3-5-24-11/h3-5,7-8,10,12,21H,6H2,1-2H3,(H,20,23)/t10-,12-/m0/s1. The Kier molecular flexibility index (Phi) is 4.29. The van der Waals surface area contributed by atoms with Gasteiger partial charge in [0.15, 0.2) is 6.04 Å². The number of hydrogen-bond acceptors (Lipinski definition) is 4. The Labute approximate surface area is 140 Å². The fraction of sp³-hybridized carbons (Fsp3) is 0.467. The van der Waals surface area contributed by atoms with Gasteiger partial charge < -0.3 is 10.6 Å². The fourth-order valence-electron chi connectivity index (χ4n) is 2.74. The van der Waals surface area contributed by atoms with E-state index < -0.39 is 24.2 Å². The maximum absolute atomic E-state index is 13.5. The number of amides is 1. The van der Waals surface area contributed by atoms with Crippen molar-refractivity contribution < 1.29 is 18.0 Å². The number of aromatic nitrogens is 2. The molecule has 130 valence electrons. The first-order chi connectivity index (χ1) is 11.3. The molecule has 0 fully saturated rings. The summed E-state index contributed by atoms with van der Waals surface area (Å²) in [5.74, 6) is -0.327. The Morgan fingerprint density at radius 2 is 2.25 bits per heavy atom. The van der Waals surface area contributed by atoms with Crippen LogP contribution in [0.4, 0.5) is 19.0 Å². The van der Waals surface area contributed by atoms with Crippen LogP contribution in [0, 0.1) is 0 Å². The van der Waals surface area contributed by atoms with Crippen LogP contribution < -0.4 is 10.6 Å². The quantitative estimate of drug-likeness (QED) is 0.879. The highest BCUT2D eigenvalue weighted by Gasteiger charge is 2.47. The normalized spacial score (nSPS) is 20.6. The highest BCUT2D eigenvalue weighted by Crippen LogP contribution is 2.44. The van der Waals surface area contributed by atoms with E-state index in [1.165, 1.54) is 17.5 Å². The molecule has 0 spiro atoms. The minimum atomic E-state index is -4.44. The molecule has 2 N–H and O–H groups in total. The van der Waals surface area contributed by atoms with E-state index in [0.717, 1.165) is 9.56 Å². The highest BCUT2D eigenvalue weighted by molar-refractivity contribution is 7.10. The largest absolute Gasteiger partial charge is 0.410 e. The average molecular weight is 358 g/mol. The predicted octanol–water partition coefficient (Wildman–Crippen LogP) is 3.74. The predicted molar refractivity (Wildman–Crippen MR) is 85.2 cm³/mol. The molecule has 1 amide bonds. The summed E-state index contributed by atoms with van der Waals surface area (Å²) in [5.41, 5.74) is 0.124. The van der Waals surface area contributed by atoms with Crippen molar-refractivity contribution in [3.05, 3.63) is 34.2 Å². The van der Waals surface area contributed by atoms with Gasteiger partial charge in [0, 0.05) is 17.3 Å². The number of nitrogens with one attached hydrogen (secondary N) is 2. The van der Waals surface area contributed by atoms with Crippen molar-refractivity contribution in [3.63, 3.8) is 0 Å². The second kappa shape index (κ2) is 6.12. The molecule has 0 aromatic carbocycles. The summed E-state index contributed by atoms with van der Waals surface area (Å²) in [7, 11) is 0. The number of carbonyl (C=O) groups is 1. The van der Waals surface area contributed by atoms with E-state index in [1.54, 1.807) is 26.0 Å². The lowest BCUT2D eigenvalue weighted by Crippen LogP contribution is -2.37. The number of halogens is 3. The second-order valence-electron chi connectivity index (χ2n) is 5.99. The molecule has 1 aliphatic rings. The van der Waals surface area contributed by atoms with Gasteiger partial charge in [-0.3, -0.25) is 4.79 Å². The summed E-state index contributed by atoms with van der Waals surface area (Å²) >= 11 is 1.38. The van der Waals surface area contributed by atoms with Crippen molar-refractivity contribution in [2.45, 2.75) is 44.6 Å². The summed E-state index contributed by atoms with van der Waals surface area (Å²) in [5, 5.41) is 11.4. The van der Waals surface area contributed by atoms with Crippen molar-refractivity contribution in [3.8, 4) is 0 Å². The van der Waals surface area contributed by atoms with Crippen LogP contribution in [0.2, 0.25) is 0 Å². The minimum Gasteiger partial charge on any atom is -0.362 e. The SMILES string of the molecule is CC(C)NC(=O)c1cnn2c1N[C@H](c1cccs1)C[C@H]2C(F)(F)F. The summed E-state index contributed by atoms with van der Waals surface area (Å²) < 4.78 is 41.3. The molecule has 1 aliphatic heterocycles. The van der Waals surface area contributed by atoms with Crippen LogP contribution in [-0.4, -0.2) is 27.9 Å². The van der Waals surface area contributed by atoms with E-state index in [2.05, 4.69) is 15.7 Å². The first-order valence-corrected chi connectivity index (χ1v) is 8.40. The van der Waals surface area contributed by atoms with Gasteiger partial charge >= 0.3 is 6.18 Å². The molecule has 0 saturated heterocycles. The van der Waals surface area contributed by atoms with E-state index in [1.807, 2.05) is 5.38 Å². The van der Waals surface area contributed by atoms with Crippen LogP contribution in [0.25, 0.3) is 0 Å². The van der Waals surface area contributed by atoms with E-state index in [9.17, 15) is 18.0 Å². The van der Waals surface area contributed by atoms with Gasteiger partial charge in [0.1, 0.15) is 11.4 Å². The Balaban J connectivity index is 2.00. The Hall–Kier alpha value is -2.03. The monoisotopic (exact) mass is 358 g/mol. The zero-order valence-electron chi connectivity index (χ0n) is 13.1. The zero-order valence-corrected chi connectivity index (χ0v) is 13.9. The molecule has 0 bridgehead atoms. The molecule has 24 heavy (non-hydrogen) atoms. The van der Waals surface area contributed by atoms with Crippen molar-refractivity contribution in [1.29, 1.82) is 0 Å². The molecule has 2 aromatic rings. The molecule has 5 nitrogen and oxygen atoms in total. The molecule has 2 aromatic heterocycles. The maximum atomic E-state index is 13.5. The lowest BCUT2D eigenvalue weighted by Gasteiger charge is -2.33. The van der Waals surface area contributed by atoms with Gasteiger partial charge in [-0.15, -0.1) is 11.3 Å². The van der Waals surface area contributed by atoms with Crippen LogP contribution in [-0.2, 0) is 0 Å². The Morgan fingerprint density at radius 1 is 1.50 bits per heavy atom. The number of thiophene rings is 1. The lowest BCUT2D eigenvalue weighted by molar-refractivity contribution is -0.173. The van der Waals surface area contributed by atoms with Gasteiger partial charge in [0.05, 0.1) is 12.2 Å². The number of rotatable bonds is 3. The maximum Gasteiger partial charge on any atom is 0.410 e. The molecule has 9 heteroatoms. The van der Waals surface area contributed by atoms with E-state index in [4.69, 9.17) is 0 Å². The molecular formula is C15H17F3N4OS. The molecule has 3 heterocycles. The van der Waals surface area contributed by atoms with E-state index in [-0.39, 0.29) is 23.8 Å². The first kappa shape index (κ1) is 16.8. The van der Waals surface area contributed by atoms with Crippen molar-refractivity contribution in [1.82, 2.24) is 15.1 Å². The van der Waals surface area contributed by atoms with Crippen LogP contribution in [0.5, 0.6) is 0 Å². The number of fused-ring (bicyclic) bond motifs is 1. The van der Waals surface area contributed by atoms with Gasteiger partial charge in [-0.05, 0) is 25.3 Å². The fourth-order valence-corrected chi connectivity index (χ4v) is 3.54. The van der Waals surface area contributed by atoms with E-state index in [0.29, 0.717) is 0 Å². The van der Waals surface area contributed by atoms with Gasteiger partial charge in [-0.1, -0.05) is 6.07 Å². The van der Waals surface area contributed by atoms with Gasteiger partial charge in [-0.2, -0.15) is 18.3 Å². The van der Waals surface area contributed by atoms with Crippen LogP contribution in [0.1, 0.15) is 47.6 Å². The van der Waals surface area contributed by atoms with Crippen molar-refractivity contribution >= 4 is 23.1 Å². The third-order valence-corrected chi connectivity index (χ3v) is 4.78. The van der Waals surface area contributed by atoms with Crippen molar-refractivity contribution in [2.75, 3.05) is 5.32 Å². The number of alkyl halides is 3. The van der Waals surface area contributed by atoms with Gasteiger partial charge in [0.25, 0.3) is 5.91 Å². The molecule has 2 atom stereocenters. The minimum absolute atomic E-state index is 0.111. The molecule has 0 saturated carbocycles. The van der Waals surface area contributed by atoms with Crippen molar-refractivity contribution in [2.24, 2.45) is 0 Å².